The predicted molar refractivity (Wildman–Crippen MR) is 180 cm³/mol. The minimum atomic E-state index is -4.21. The SMILES string of the molecule is COc1ccc(/C=C(/C#N)C(=O)OC(c2cccnc2)P(=O)(OC2CC(C(C)C)CCC2C)OC2CC(C(C)C)CCC2C)cc1. The van der Waals surface area contributed by atoms with Gasteiger partial charge in [0.25, 0.3) is 0 Å². The number of benzene rings is 1. The molecule has 8 nitrogen and oxygen atoms in total. The molecule has 1 heterocycles. The second-order valence-corrected chi connectivity index (χ2v) is 15.9. The highest BCUT2D eigenvalue weighted by Gasteiger charge is 2.48. The van der Waals surface area contributed by atoms with Crippen molar-refractivity contribution in [2.45, 2.75) is 98.1 Å². The van der Waals surface area contributed by atoms with Gasteiger partial charge in [-0.2, -0.15) is 5.26 Å². The van der Waals surface area contributed by atoms with Gasteiger partial charge in [0.2, 0.25) is 5.85 Å². The lowest BCUT2D eigenvalue weighted by molar-refractivity contribution is -0.142. The van der Waals surface area contributed by atoms with Crippen molar-refractivity contribution >= 4 is 19.6 Å². The number of nitriles is 1. The quantitative estimate of drug-likeness (QED) is 0.0968. The zero-order valence-corrected chi connectivity index (χ0v) is 29.3. The Balaban J connectivity index is 1.74. The summed E-state index contributed by atoms with van der Waals surface area (Å²) in [4.78, 5) is 18.0. The summed E-state index contributed by atoms with van der Waals surface area (Å²) < 4.78 is 40.2. The van der Waals surface area contributed by atoms with Crippen LogP contribution in [0.3, 0.4) is 0 Å². The summed E-state index contributed by atoms with van der Waals surface area (Å²) in [5.74, 6) is 0.389. The molecule has 7 atom stereocenters. The van der Waals surface area contributed by atoms with E-state index in [-0.39, 0.29) is 29.6 Å². The van der Waals surface area contributed by atoms with E-state index in [1.807, 2.05) is 6.07 Å². The third kappa shape index (κ3) is 9.09. The summed E-state index contributed by atoms with van der Waals surface area (Å²) in [5.41, 5.74) is 0.783. The lowest BCUT2D eigenvalue weighted by atomic mass is 9.76. The Kier molecular flexibility index (Phi) is 12.6. The maximum absolute atomic E-state index is 15.5. The van der Waals surface area contributed by atoms with E-state index in [2.05, 4.69) is 46.5 Å². The van der Waals surface area contributed by atoms with Crippen LogP contribution in [-0.4, -0.2) is 30.3 Å². The van der Waals surface area contributed by atoms with Crippen molar-refractivity contribution in [3.8, 4) is 11.8 Å². The molecule has 2 aliphatic carbocycles. The molecule has 2 aromatic rings. The third-order valence-corrected chi connectivity index (χ3v) is 12.1. The Hall–Kier alpha value is -2.98. The molecular formula is C37H51N2O6P. The Morgan fingerprint density at radius 3 is 1.96 bits per heavy atom. The number of hydrogen-bond acceptors (Lipinski definition) is 8. The summed E-state index contributed by atoms with van der Waals surface area (Å²) in [7, 11) is -2.64. The molecule has 0 spiro atoms. The van der Waals surface area contributed by atoms with Gasteiger partial charge in [-0.3, -0.25) is 9.55 Å². The smallest absolute Gasteiger partial charge is 0.376 e. The van der Waals surface area contributed by atoms with E-state index >= 15 is 4.57 Å². The topological polar surface area (TPSA) is 108 Å². The van der Waals surface area contributed by atoms with Gasteiger partial charge in [0.15, 0.2) is 0 Å². The van der Waals surface area contributed by atoms with Gasteiger partial charge in [-0.1, -0.05) is 59.7 Å². The van der Waals surface area contributed by atoms with Crippen LogP contribution in [-0.2, 0) is 23.1 Å². The average molecular weight is 651 g/mol. The minimum absolute atomic E-state index is 0.147. The van der Waals surface area contributed by atoms with Crippen LogP contribution in [0.2, 0.25) is 0 Å². The fraction of sp³-hybridized carbons (Fsp3) is 0.595. The molecule has 0 saturated heterocycles. The zero-order valence-electron chi connectivity index (χ0n) is 28.4. The molecule has 0 N–H and O–H groups in total. The van der Waals surface area contributed by atoms with Crippen molar-refractivity contribution in [2.75, 3.05) is 7.11 Å². The number of esters is 1. The van der Waals surface area contributed by atoms with Gasteiger partial charge in [0, 0.05) is 18.0 Å². The fourth-order valence-corrected chi connectivity index (χ4v) is 9.00. The maximum atomic E-state index is 15.5. The van der Waals surface area contributed by atoms with Crippen LogP contribution in [0.25, 0.3) is 6.08 Å². The lowest BCUT2D eigenvalue weighted by Gasteiger charge is -2.42. The van der Waals surface area contributed by atoms with E-state index in [4.69, 9.17) is 18.5 Å². The first-order valence-electron chi connectivity index (χ1n) is 16.8. The van der Waals surface area contributed by atoms with E-state index in [0.29, 0.717) is 40.5 Å². The van der Waals surface area contributed by atoms with Crippen LogP contribution in [0.4, 0.5) is 0 Å². The van der Waals surface area contributed by atoms with Gasteiger partial charge in [-0.05, 0) is 104 Å². The summed E-state index contributed by atoms with van der Waals surface area (Å²) in [6.45, 7) is 13.1. The number of methoxy groups -OCH3 is 1. The molecule has 0 bridgehead atoms. The number of rotatable bonds is 12. The molecule has 46 heavy (non-hydrogen) atoms. The van der Waals surface area contributed by atoms with Gasteiger partial charge in [0.05, 0.1) is 19.3 Å². The number of carbonyl (C=O) groups excluding carboxylic acids is 1. The molecular weight excluding hydrogens is 599 g/mol. The molecule has 2 fully saturated rings. The largest absolute Gasteiger partial charge is 0.497 e. The number of ether oxygens (including phenoxy) is 2. The summed E-state index contributed by atoms with van der Waals surface area (Å²) >= 11 is 0. The van der Waals surface area contributed by atoms with Crippen LogP contribution in [0.1, 0.15) is 97.0 Å². The van der Waals surface area contributed by atoms with E-state index in [9.17, 15) is 10.1 Å². The van der Waals surface area contributed by atoms with E-state index in [0.717, 1.165) is 38.5 Å². The third-order valence-electron chi connectivity index (χ3n) is 10.0. The lowest BCUT2D eigenvalue weighted by Crippen LogP contribution is -2.35. The molecule has 7 unspecified atom stereocenters. The van der Waals surface area contributed by atoms with Gasteiger partial charge in [0.1, 0.15) is 17.4 Å². The molecule has 9 heteroatoms. The van der Waals surface area contributed by atoms with Crippen LogP contribution in [0.5, 0.6) is 5.75 Å². The highest BCUT2D eigenvalue weighted by Crippen LogP contribution is 2.65. The van der Waals surface area contributed by atoms with Crippen molar-refractivity contribution in [2.24, 2.45) is 35.5 Å². The number of hydrogen-bond donors (Lipinski definition) is 0. The second-order valence-electron chi connectivity index (χ2n) is 13.9. The van der Waals surface area contributed by atoms with E-state index in [1.54, 1.807) is 49.7 Å². The van der Waals surface area contributed by atoms with Crippen molar-refractivity contribution in [3.63, 3.8) is 0 Å². The maximum Gasteiger partial charge on any atom is 0.376 e. The molecule has 0 amide bonds. The number of nitrogens with zero attached hydrogens (tertiary/aromatic N) is 2. The first-order valence-corrected chi connectivity index (χ1v) is 18.4. The van der Waals surface area contributed by atoms with E-state index in [1.165, 1.54) is 12.3 Å². The first kappa shape index (κ1) is 35.9. The Morgan fingerprint density at radius 1 is 0.935 bits per heavy atom. The van der Waals surface area contributed by atoms with Gasteiger partial charge < -0.3 is 18.5 Å². The van der Waals surface area contributed by atoms with Gasteiger partial charge >= 0.3 is 13.6 Å². The van der Waals surface area contributed by atoms with Crippen molar-refractivity contribution in [1.29, 1.82) is 5.26 Å². The van der Waals surface area contributed by atoms with Gasteiger partial charge in [-0.25, -0.2) is 4.79 Å². The molecule has 0 aliphatic heterocycles. The predicted octanol–water partition coefficient (Wildman–Crippen LogP) is 9.39. The van der Waals surface area contributed by atoms with Crippen LogP contribution in [0.15, 0.2) is 54.4 Å². The molecule has 1 aromatic carbocycles. The molecule has 2 saturated carbocycles. The fourth-order valence-electron chi connectivity index (χ4n) is 6.65. The van der Waals surface area contributed by atoms with E-state index < -0.39 is 19.4 Å². The van der Waals surface area contributed by atoms with Crippen LogP contribution >= 0.6 is 7.60 Å². The Labute approximate surface area is 275 Å². The Bertz CT molecular complexity index is 1370. The first-order chi connectivity index (χ1) is 21.9. The highest BCUT2D eigenvalue weighted by atomic mass is 31.2. The average Bonchev–Trinajstić information content (AvgIpc) is 3.04. The normalized spacial score (nSPS) is 27.4. The molecule has 250 valence electrons. The molecule has 1 aromatic heterocycles. The molecule has 4 rings (SSSR count). The summed E-state index contributed by atoms with van der Waals surface area (Å²) in [5, 5.41) is 10.0. The Morgan fingerprint density at radius 2 is 1.50 bits per heavy atom. The summed E-state index contributed by atoms with van der Waals surface area (Å²) in [6.07, 6.45) is 9.46. The zero-order chi connectivity index (χ0) is 33.4. The second kappa shape index (κ2) is 16.2. The molecule has 0 radical (unpaired) electrons. The van der Waals surface area contributed by atoms with Crippen LogP contribution < -0.4 is 4.74 Å². The molecule has 2 aliphatic rings. The number of aromatic nitrogens is 1. The number of carbonyl (C=O) groups is 1. The van der Waals surface area contributed by atoms with Crippen molar-refractivity contribution in [1.82, 2.24) is 4.98 Å². The van der Waals surface area contributed by atoms with Crippen LogP contribution in [0, 0.1) is 46.8 Å². The standard InChI is InChI=1S/C37H51N2O6P/c1-24(2)29-14-10-26(5)34(20-29)44-46(41,45-35-21-30(25(3)4)15-11-27(35)6)37(31-9-8-18-39-23-31)43-36(40)32(22-38)19-28-12-16-33(42-7)17-13-28/h8-9,12-13,16-19,23-27,29-30,34-35,37H,10-11,14-15,20-21H2,1-7H3/b32-19-. The summed E-state index contributed by atoms with van der Waals surface area (Å²) in [6, 6.07) is 12.4. The van der Waals surface area contributed by atoms with Crippen molar-refractivity contribution in [3.05, 3.63) is 65.5 Å². The highest BCUT2D eigenvalue weighted by molar-refractivity contribution is 7.54. The van der Waals surface area contributed by atoms with Crippen molar-refractivity contribution < 1.29 is 27.9 Å². The minimum Gasteiger partial charge on any atom is -0.497 e. The monoisotopic (exact) mass is 650 g/mol. The number of pyridine rings is 1. The van der Waals surface area contributed by atoms with Gasteiger partial charge in [-0.15, -0.1) is 0 Å².